The third-order valence-electron chi connectivity index (χ3n) is 2.76. The second-order valence-electron chi connectivity index (χ2n) is 4.20. The SMILES string of the molecule is CCc1ccc(C(=O)COc2ccc(F)cc2[N+](=O)[O-])s1. The number of ketones is 1. The minimum Gasteiger partial charge on any atom is -0.478 e. The van der Waals surface area contributed by atoms with Crippen LogP contribution < -0.4 is 4.74 Å². The van der Waals surface area contributed by atoms with Gasteiger partial charge in [-0.25, -0.2) is 4.39 Å². The number of nitro benzene ring substituents is 1. The molecule has 0 atom stereocenters. The Morgan fingerprint density at radius 2 is 2.14 bits per heavy atom. The third-order valence-corrected chi connectivity index (χ3v) is 4.03. The van der Waals surface area contributed by atoms with Gasteiger partial charge in [0.1, 0.15) is 5.82 Å². The van der Waals surface area contributed by atoms with Crippen LogP contribution in [0.1, 0.15) is 21.5 Å². The topological polar surface area (TPSA) is 69.4 Å². The molecule has 0 N–H and O–H groups in total. The van der Waals surface area contributed by atoms with E-state index in [1.54, 1.807) is 6.07 Å². The molecule has 0 bridgehead atoms. The zero-order chi connectivity index (χ0) is 15.4. The molecule has 1 heterocycles. The molecule has 0 aliphatic rings. The van der Waals surface area contributed by atoms with Crippen LogP contribution in [0.15, 0.2) is 30.3 Å². The highest BCUT2D eigenvalue weighted by atomic mass is 32.1. The van der Waals surface area contributed by atoms with E-state index in [-0.39, 0.29) is 18.1 Å². The Morgan fingerprint density at radius 3 is 2.76 bits per heavy atom. The third kappa shape index (κ3) is 3.63. The fraction of sp³-hybridized carbons (Fsp3) is 0.214. The van der Waals surface area contributed by atoms with Crippen molar-refractivity contribution in [3.05, 3.63) is 56.0 Å². The van der Waals surface area contributed by atoms with Crippen molar-refractivity contribution in [2.75, 3.05) is 6.61 Å². The summed E-state index contributed by atoms with van der Waals surface area (Å²) in [4.78, 5) is 23.6. The molecule has 0 aliphatic heterocycles. The Balaban J connectivity index is 2.09. The molecule has 0 radical (unpaired) electrons. The average molecular weight is 309 g/mol. The molecule has 21 heavy (non-hydrogen) atoms. The predicted molar refractivity (Wildman–Crippen MR) is 76.6 cm³/mol. The van der Waals surface area contributed by atoms with Crippen LogP contribution in [0.5, 0.6) is 5.75 Å². The first kappa shape index (κ1) is 15.1. The smallest absolute Gasteiger partial charge is 0.313 e. The maximum Gasteiger partial charge on any atom is 0.313 e. The van der Waals surface area contributed by atoms with Crippen LogP contribution >= 0.6 is 11.3 Å². The van der Waals surface area contributed by atoms with Crippen molar-refractivity contribution in [2.45, 2.75) is 13.3 Å². The van der Waals surface area contributed by atoms with Crippen molar-refractivity contribution in [3.63, 3.8) is 0 Å². The fourth-order valence-electron chi connectivity index (χ4n) is 1.69. The molecular weight excluding hydrogens is 297 g/mol. The van der Waals surface area contributed by atoms with Crippen molar-refractivity contribution in [1.29, 1.82) is 0 Å². The van der Waals surface area contributed by atoms with Gasteiger partial charge in [-0.05, 0) is 30.7 Å². The number of aryl methyl sites for hydroxylation is 1. The number of carbonyl (C=O) groups excluding carboxylic acids is 1. The van der Waals surface area contributed by atoms with Crippen molar-refractivity contribution in [2.24, 2.45) is 0 Å². The predicted octanol–water partition coefficient (Wildman–Crippen LogP) is 3.62. The summed E-state index contributed by atoms with van der Waals surface area (Å²) < 4.78 is 18.1. The van der Waals surface area contributed by atoms with Gasteiger partial charge in [0, 0.05) is 4.88 Å². The quantitative estimate of drug-likeness (QED) is 0.464. The molecule has 110 valence electrons. The first-order valence-electron chi connectivity index (χ1n) is 6.20. The van der Waals surface area contributed by atoms with Crippen LogP contribution in [0.25, 0.3) is 0 Å². The van der Waals surface area contributed by atoms with Crippen molar-refractivity contribution >= 4 is 22.8 Å². The Morgan fingerprint density at radius 1 is 1.38 bits per heavy atom. The summed E-state index contributed by atoms with van der Waals surface area (Å²) in [5.41, 5.74) is -0.497. The van der Waals surface area contributed by atoms with Gasteiger partial charge in [-0.2, -0.15) is 0 Å². The Bertz CT molecular complexity index is 683. The summed E-state index contributed by atoms with van der Waals surface area (Å²) in [6.45, 7) is 1.66. The number of thiophene rings is 1. The van der Waals surface area contributed by atoms with E-state index in [2.05, 4.69) is 0 Å². The number of hydrogen-bond donors (Lipinski definition) is 0. The number of ether oxygens (including phenoxy) is 1. The lowest BCUT2D eigenvalue weighted by Crippen LogP contribution is -2.11. The molecule has 0 aliphatic carbocycles. The number of hydrogen-bond acceptors (Lipinski definition) is 5. The lowest BCUT2D eigenvalue weighted by atomic mass is 10.3. The van der Waals surface area contributed by atoms with E-state index in [1.165, 1.54) is 11.3 Å². The maximum atomic E-state index is 13.0. The molecule has 1 aromatic carbocycles. The molecular formula is C14H12FNO4S. The number of nitrogens with zero attached hydrogens (tertiary/aromatic N) is 1. The molecule has 0 amide bonds. The first-order valence-corrected chi connectivity index (χ1v) is 7.01. The van der Waals surface area contributed by atoms with E-state index in [4.69, 9.17) is 4.74 Å². The van der Waals surface area contributed by atoms with Crippen LogP contribution in [0, 0.1) is 15.9 Å². The lowest BCUT2D eigenvalue weighted by Gasteiger charge is -2.05. The second-order valence-corrected chi connectivity index (χ2v) is 5.37. The van der Waals surface area contributed by atoms with Crippen LogP contribution in [-0.4, -0.2) is 17.3 Å². The minimum atomic E-state index is -0.747. The minimum absolute atomic E-state index is 0.123. The first-order chi connectivity index (χ1) is 10.0. The van der Waals surface area contributed by atoms with Crippen LogP contribution in [0.2, 0.25) is 0 Å². The normalized spacial score (nSPS) is 10.4. The largest absolute Gasteiger partial charge is 0.478 e. The molecule has 0 fully saturated rings. The van der Waals surface area contributed by atoms with E-state index >= 15 is 0 Å². The van der Waals surface area contributed by atoms with Crippen molar-refractivity contribution < 1.29 is 18.8 Å². The highest BCUT2D eigenvalue weighted by Crippen LogP contribution is 2.27. The summed E-state index contributed by atoms with van der Waals surface area (Å²) >= 11 is 1.37. The zero-order valence-electron chi connectivity index (χ0n) is 11.2. The monoisotopic (exact) mass is 309 g/mol. The highest BCUT2D eigenvalue weighted by molar-refractivity contribution is 7.14. The summed E-state index contributed by atoms with van der Waals surface area (Å²) in [6.07, 6.45) is 0.836. The zero-order valence-corrected chi connectivity index (χ0v) is 12.0. The maximum absolute atomic E-state index is 13.0. The summed E-state index contributed by atoms with van der Waals surface area (Å²) in [6, 6.07) is 6.52. The van der Waals surface area contributed by atoms with Gasteiger partial charge in [0.15, 0.2) is 12.4 Å². The van der Waals surface area contributed by atoms with Gasteiger partial charge < -0.3 is 4.74 Å². The van der Waals surface area contributed by atoms with E-state index < -0.39 is 16.4 Å². The highest BCUT2D eigenvalue weighted by Gasteiger charge is 2.18. The summed E-state index contributed by atoms with van der Waals surface area (Å²) in [7, 11) is 0. The van der Waals surface area contributed by atoms with Gasteiger partial charge in [-0.3, -0.25) is 14.9 Å². The Kier molecular flexibility index (Phi) is 4.64. The number of rotatable bonds is 6. The van der Waals surface area contributed by atoms with Crippen molar-refractivity contribution in [3.8, 4) is 5.75 Å². The van der Waals surface area contributed by atoms with E-state index in [1.807, 2.05) is 13.0 Å². The standard InChI is InChI=1S/C14H12FNO4S/c1-2-10-4-6-14(21-10)12(17)8-20-13-5-3-9(15)7-11(13)16(18)19/h3-7H,2,8H2,1H3. The van der Waals surface area contributed by atoms with Crippen LogP contribution in [-0.2, 0) is 6.42 Å². The molecule has 0 saturated carbocycles. The van der Waals surface area contributed by atoms with E-state index in [9.17, 15) is 19.3 Å². The van der Waals surface area contributed by atoms with Gasteiger partial charge in [-0.1, -0.05) is 6.92 Å². The Labute approximate surface area is 124 Å². The fourth-order valence-corrected chi connectivity index (χ4v) is 2.56. The molecule has 2 aromatic rings. The molecule has 2 rings (SSSR count). The van der Waals surface area contributed by atoms with Gasteiger partial charge >= 0.3 is 5.69 Å². The number of nitro groups is 1. The van der Waals surface area contributed by atoms with Gasteiger partial charge in [0.2, 0.25) is 5.78 Å². The number of carbonyl (C=O) groups is 1. The summed E-state index contributed by atoms with van der Waals surface area (Å²) in [5, 5.41) is 10.8. The number of Topliss-reactive ketones (excluding diaryl/α,β-unsaturated/α-hetero) is 1. The van der Waals surface area contributed by atoms with Gasteiger partial charge in [0.25, 0.3) is 0 Å². The lowest BCUT2D eigenvalue weighted by molar-refractivity contribution is -0.386. The number of halogens is 1. The molecule has 5 nitrogen and oxygen atoms in total. The van der Waals surface area contributed by atoms with Gasteiger partial charge in [-0.15, -0.1) is 11.3 Å². The van der Waals surface area contributed by atoms with Crippen LogP contribution in [0.4, 0.5) is 10.1 Å². The second kappa shape index (κ2) is 6.45. The number of benzene rings is 1. The molecule has 1 aromatic heterocycles. The summed E-state index contributed by atoms with van der Waals surface area (Å²) in [5.74, 6) is -1.12. The van der Waals surface area contributed by atoms with E-state index in [0.717, 1.165) is 29.5 Å². The van der Waals surface area contributed by atoms with Crippen LogP contribution in [0.3, 0.4) is 0 Å². The average Bonchev–Trinajstić information content (AvgIpc) is 2.94. The molecule has 7 heteroatoms. The Hall–Kier alpha value is -2.28. The van der Waals surface area contributed by atoms with E-state index in [0.29, 0.717) is 4.88 Å². The van der Waals surface area contributed by atoms with Gasteiger partial charge in [0.05, 0.1) is 15.9 Å². The molecule has 0 saturated heterocycles. The molecule has 0 unspecified atom stereocenters. The van der Waals surface area contributed by atoms with Crippen molar-refractivity contribution in [1.82, 2.24) is 0 Å². The molecule has 0 spiro atoms.